The molecule has 0 radical (unpaired) electrons. The first-order chi connectivity index (χ1) is 23.5. The number of phenolic OH excluding ortho intramolecular Hbond substituents is 1. The fourth-order valence-electron chi connectivity index (χ4n) is 6.34. The highest BCUT2D eigenvalue weighted by molar-refractivity contribution is 7.16. The van der Waals surface area contributed by atoms with E-state index in [0.717, 1.165) is 59.3 Å². The summed E-state index contributed by atoms with van der Waals surface area (Å²) in [6, 6.07) is 10.0. The number of nitrogens with zero attached hydrogens (tertiary/aromatic N) is 4. The molecular formula is C34H41N5O8S2. The van der Waals surface area contributed by atoms with E-state index in [0.29, 0.717) is 53.9 Å². The number of carbonyl (C=O) groups is 2. The molecule has 2 aromatic heterocycles. The number of phenols is 1. The Balaban J connectivity index is 0.957. The molecule has 49 heavy (non-hydrogen) atoms. The standard InChI is InChI=1S/C34H41N5O8S2/c1-21(2)30-35-25(19-48-30)31(42)38-14-16-47-34(20-38)9-11-37(12-10-34)13-15-46-23-5-3-22(4-6-23)17-39(33(44)45)18-27(41)24-7-8-26(40)28-29(24)49-32(43)36-28/h3-8,19,21,27,40-41H,9-18,20H2,1-2H3,(H,36,43)(H,44,45). The third kappa shape index (κ3) is 8.07. The van der Waals surface area contributed by atoms with Crippen LogP contribution in [0.15, 0.2) is 46.6 Å². The number of aliphatic hydroxyl groups excluding tert-OH is 1. The number of fused-ring (bicyclic) bond motifs is 1. The zero-order valence-electron chi connectivity index (χ0n) is 27.5. The monoisotopic (exact) mass is 711 g/mol. The summed E-state index contributed by atoms with van der Waals surface area (Å²) in [5.74, 6) is 0.826. The van der Waals surface area contributed by atoms with Crippen molar-refractivity contribution < 1.29 is 34.4 Å². The Hall–Kier alpha value is -4.02. The molecule has 262 valence electrons. The van der Waals surface area contributed by atoms with Crippen LogP contribution < -0.4 is 9.61 Å². The van der Waals surface area contributed by atoms with Gasteiger partial charge in [-0.25, -0.2) is 9.78 Å². The lowest BCUT2D eigenvalue weighted by molar-refractivity contribution is -0.127. The van der Waals surface area contributed by atoms with E-state index in [1.54, 1.807) is 24.3 Å². The molecular weight excluding hydrogens is 671 g/mol. The average molecular weight is 712 g/mol. The van der Waals surface area contributed by atoms with Gasteiger partial charge in [0, 0.05) is 49.6 Å². The van der Waals surface area contributed by atoms with E-state index in [1.165, 1.54) is 23.5 Å². The van der Waals surface area contributed by atoms with Crippen molar-refractivity contribution in [3.8, 4) is 11.5 Å². The first kappa shape index (κ1) is 34.8. The molecule has 1 atom stereocenters. The molecule has 4 N–H and O–H groups in total. The third-order valence-corrected chi connectivity index (χ3v) is 11.2. The number of morpholine rings is 1. The number of nitrogens with one attached hydrogen (secondary N) is 1. The second-order valence-corrected chi connectivity index (χ2v) is 14.8. The van der Waals surface area contributed by atoms with Gasteiger partial charge in [-0.1, -0.05) is 43.4 Å². The predicted molar refractivity (Wildman–Crippen MR) is 186 cm³/mol. The van der Waals surface area contributed by atoms with Crippen LogP contribution in [0.25, 0.3) is 10.2 Å². The Bertz CT molecular complexity index is 1830. The number of ether oxygens (including phenoxy) is 2. The summed E-state index contributed by atoms with van der Waals surface area (Å²) in [7, 11) is 0. The lowest BCUT2D eigenvalue weighted by Crippen LogP contribution is -2.58. The number of carboxylic acid groups (broad SMARTS) is 1. The number of hydrogen-bond donors (Lipinski definition) is 4. The number of hydrogen-bond acceptors (Lipinski definition) is 11. The van der Waals surface area contributed by atoms with Gasteiger partial charge in [0.2, 0.25) is 0 Å². The Kier molecular flexibility index (Phi) is 10.6. The molecule has 0 aliphatic carbocycles. The van der Waals surface area contributed by atoms with E-state index < -0.39 is 12.2 Å². The molecule has 13 nitrogen and oxygen atoms in total. The van der Waals surface area contributed by atoms with E-state index in [1.807, 2.05) is 10.3 Å². The topological polar surface area (TPSA) is 169 Å². The number of rotatable bonds is 11. The average Bonchev–Trinajstić information content (AvgIpc) is 3.74. The molecule has 6 rings (SSSR count). The molecule has 2 aromatic carbocycles. The molecule has 2 aliphatic rings. The van der Waals surface area contributed by atoms with E-state index >= 15 is 0 Å². The second kappa shape index (κ2) is 14.8. The number of aromatic amines is 1. The molecule has 0 bridgehead atoms. The van der Waals surface area contributed by atoms with E-state index in [-0.39, 0.29) is 40.7 Å². The van der Waals surface area contributed by atoms with Gasteiger partial charge >= 0.3 is 11.0 Å². The number of thiazole rings is 2. The fraction of sp³-hybridized carbons (Fsp3) is 0.471. The minimum atomic E-state index is -1.20. The highest BCUT2D eigenvalue weighted by Gasteiger charge is 2.41. The van der Waals surface area contributed by atoms with Crippen molar-refractivity contribution in [2.75, 3.05) is 52.5 Å². The third-order valence-electron chi connectivity index (χ3n) is 9.12. The summed E-state index contributed by atoms with van der Waals surface area (Å²) in [6.07, 6.45) is -0.738. The van der Waals surface area contributed by atoms with Crippen LogP contribution in [0.5, 0.6) is 11.5 Å². The maximum absolute atomic E-state index is 13.2. The number of aromatic hydroxyl groups is 1. The van der Waals surface area contributed by atoms with Crippen LogP contribution in [0.4, 0.5) is 4.79 Å². The maximum Gasteiger partial charge on any atom is 0.407 e. The summed E-state index contributed by atoms with van der Waals surface area (Å²) >= 11 is 2.39. The molecule has 2 fully saturated rings. The smallest absolute Gasteiger partial charge is 0.407 e. The number of H-pyrrole nitrogens is 1. The molecule has 15 heteroatoms. The van der Waals surface area contributed by atoms with E-state index in [2.05, 4.69) is 28.7 Å². The Morgan fingerprint density at radius 3 is 2.59 bits per heavy atom. The number of piperidine rings is 1. The molecule has 1 spiro atoms. The number of carbonyl (C=O) groups excluding carboxylic acids is 1. The molecule has 2 saturated heterocycles. The lowest BCUT2D eigenvalue weighted by Gasteiger charge is -2.47. The van der Waals surface area contributed by atoms with E-state index in [9.17, 15) is 29.7 Å². The summed E-state index contributed by atoms with van der Waals surface area (Å²) < 4.78 is 12.6. The van der Waals surface area contributed by atoms with Gasteiger partial charge in [0.25, 0.3) is 5.91 Å². The van der Waals surface area contributed by atoms with Crippen molar-refractivity contribution >= 4 is 44.9 Å². The number of aromatic nitrogens is 2. The first-order valence-corrected chi connectivity index (χ1v) is 18.0. The largest absolute Gasteiger partial charge is 0.506 e. The van der Waals surface area contributed by atoms with Crippen molar-refractivity contribution in [3.63, 3.8) is 0 Å². The van der Waals surface area contributed by atoms with Crippen molar-refractivity contribution in [2.45, 2.75) is 50.9 Å². The molecule has 2 aliphatic heterocycles. The SMILES string of the molecule is CC(C)c1nc(C(=O)N2CCOC3(CCN(CCOc4ccc(CN(CC(O)c5ccc(O)c6[nH]c(=O)sc56)C(=O)O)cc4)CC3)C2)cs1. The first-order valence-electron chi connectivity index (χ1n) is 16.3. The van der Waals surface area contributed by atoms with Crippen molar-refractivity contribution in [2.24, 2.45) is 0 Å². The minimum Gasteiger partial charge on any atom is -0.506 e. The van der Waals surface area contributed by atoms with Crippen molar-refractivity contribution in [1.82, 2.24) is 24.7 Å². The quantitative estimate of drug-likeness (QED) is 0.174. The van der Waals surface area contributed by atoms with Crippen LogP contribution in [-0.2, 0) is 11.3 Å². The minimum absolute atomic E-state index is 0.0198. The van der Waals surface area contributed by atoms with Gasteiger partial charge in [0.05, 0.1) is 41.1 Å². The van der Waals surface area contributed by atoms with Gasteiger partial charge in [-0.3, -0.25) is 14.5 Å². The Morgan fingerprint density at radius 1 is 1.14 bits per heavy atom. The van der Waals surface area contributed by atoms with Gasteiger partial charge in [-0.2, -0.15) is 0 Å². The van der Waals surface area contributed by atoms with Gasteiger partial charge < -0.3 is 39.6 Å². The normalized spacial score (nSPS) is 17.1. The molecule has 4 heterocycles. The molecule has 2 amide bonds. The van der Waals surface area contributed by atoms with Crippen molar-refractivity contribution in [1.29, 1.82) is 0 Å². The van der Waals surface area contributed by atoms with Gasteiger partial charge in [0.15, 0.2) is 0 Å². The maximum atomic E-state index is 13.2. The van der Waals surface area contributed by atoms with Crippen molar-refractivity contribution in [3.05, 3.63) is 73.3 Å². The number of likely N-dealkylation sites (tertiary alicyclic amines) is 1. The van der Waals surface area contributed by atoms with Crippen LogP contribution in [0.3, 0.4) is 0 Å². The molecule has 0 saturated carbocycles. The van der Waals surface area contributed by atoms with Crippen LogP contribution in [0, 0.1) is 0 Å². The highest BCUT2D eigenvalue weighted by Crippen LogP contribution is 2.33. The summed E-state index contributed by atoms with van der Waals surface area (Å²) in [4.78, 5) is 49.1. The number of aliphatic hydroxyl groups is 1. The Labute approximate surface area is 291 Å². The fourth-order valence-corrected chi connectivity index (χ4v) is 8.07. The van der Waals surface area contributed by atoms with Gasteiger partial charge in [-0.05, 0) is 36.6 Å². The zero-order chi connectivity index (χ0) is 34.7. The van der Waals surface area contributed by atoms with Crippen LogP contribution in [-0.4, -0.2) is 110 Å². The number of benzene rings is 2. The zero-order valence-corrected chi connectivity index (χ0v) is 29.1. The highest BCUT2D eigenvalue weighted by atomic mass is 32.1. The Morgan fingerprint density at radius 2 is 1.90 bits per heavy atom. The predicted octanol–water partition coefficient (Wildman–Crippen LogP) is 4.47. The second-order valence-electron chi connectivity index (χ2n) is 12.9. The van der Waals surface area contributed by atoms with Crippen LogP contribution in [0.1, 0.15) is 65.3 Å². The lowest BCUT2D eigenvalue weighted by atomic mass is 9.89. The summed E-state index contributed by atoms with van der Waals surface area (Å²) in [5.41, 5.74) is 1.50. The number of amides is 2. The molecule has 1 unspecified atom stereocenters. The van der Waals surface area contributed by atoms with Gasteiger partial charge in [0.1, 0.15) is 29.3 Å². The summed E-state index contributed by atoms with van der Waals surface area (Å²) in [5, 5.41) is 33.6. The van der Waals surface area contributed by atoms with Crippen LogP contribution >= 0.6 is 22.7 Å². The van der Waals surface area contributed by atoms with E-state index in [4.69, 9.17) is 9.47 Å². The summed E-state index contributed by atoms with van der Waals surface area (Å²) in [6.45, 7) is 8.56. The van der Waals surface area contributed by atoms with Gasteiger partial charge in [-0.15, -0.1) is 11.3 Å². The van der Waals surface area contributed by atoms with Crippen LogP contribution in [0.2, 0.25) is 0 Å². The molecule has 4 aromatic rings.